The van der Waals surface area contributed by atoms with Crippen LogP contribution in [0.2, 0.25) is 0 Å². The van der Waals surface area contributed by atoms with E-state index in [9.17, 15) is 13.6 Å². The topological polar surface area (TPSA) is 96.7 Å². The first kappa shape index (κ1) is 11.9. The molecule has 0 saturated heterocycles. The predicted octanol–water partition coefficient (Wildman–Crippen LogP) is 0.00590. The molecular weight excluding hydrogens is 232 g/mol. The SMILES string of the molecule is NCC(F)(F)CNC(=O)c1n[nH]c(C2CC2)n1. The summed E-state index contributed by atoms with van der Waals surface area (Å²) in [5.41, 5.74) is 4.84. The number of nitrogens with one attached hydrogen (secondary N) is 2. The molecule has 1 aliphatic rings. The maximum absolute atomic E-state index is 12.8. The van der Waals surface area contributed by atoms with E-state index in [1.165, 1.54) is 0 Å². The highest BCUT2D eigenvalue weighted by Crippen LogP contribution is 2.37. The summed E-state index contributed by atoms with van der Waals surface area (Å²) in [6.07, 6.45) is 2.03. The summed E-state index contributed by atoms with van der Waals surface area (Å²) in [6, 6.07) is 0. The molecule has 8 heteroatoms. The Labute approximate surface area is 96.0 Å². The molecule has 1 aromatic rings. The molecule has 0 radical (unpaired) electrons. The molecule has 2 rings (SSSR count). The summed E-state index contributed by atoms with van der Waals surface area (Å²) in [5.74, 6) is -2.97. The molecule has 0 spiro atoms. The summed E-state index contributed by atoms with van der Waals surface area (Å²) >= 11 is 0. The van der Waals surface area contributed by atoms with E-state index in [1.807, 2.05) is 5.32 Å². The smallest absolute Gasteiger partial charge is 0.291 e. The Morgan fingerprint density at radius 1 is 1.59 bits per heavy atom. The number of rotatable bonds is 5. The minimum Gasteiger partial charge on any atom is -0.343 e. The predicted molar refractivity (Wildman–Crippen MR) is 54.7 cm³/mol. The van der Waals surface area contributed by atoms with Crippen LogP contribution in [-0.2, 0) is 0 Å². The number of H-pyrrole nitrogens is 1. The van der Waals surface area contributed by atoms with Crippen molar-refractivity contribution in [2.45, 2.75) is 24.7 Å². The van der Waals surface area contributed by atoms with Crippen LogP contribution in [0.15, 0.2) is 0 Å². The Morgan fingerprint density at radius 3 is 2.88 bits per heavy atom. The molecule has 1 saturated carbocycles. The molecular formula is C9H13F2N5O. The first-order valence-corrected chi connectivity index (χ1v) is 5.30. The summed E-state index contributed by atoms with van der Waals surface area (Å²) in [5, 5.41) is 8.35. The van der Waals surface area contributed by atoms with Gasteiger partial charge in [0.05, 0.1) is 13.1 Å². The Morgan fingerprint density at radius 2 is 2.29 bits per heavy atom. The molecule has 0 bridgehead atoms. The van der Waals surface area contributed by atoms with Crippen molar-refractivity contribution in [1.82, 2.24) is 20.5 Å². The average Bonchev–Trinajstić information content (AvgIpc) is 3.04. The molecule has 1 fully saturated rings. The van der Waals surface area contributed by atoms with E-state index in [0.29, 0.717) is 11.7 Å². The molecule has 0 unspecified atom stereocenters. The van der Waals surface area contributed by atoms with Crippen LogP contribution in [-0.4, -0.2) is 40.1 Å². The molecule has 94 valence electrons. The molecule has 1 aliphatic carbocycles. The minimum absolute atomic E-state index is 0.111. The van der Waals surface area contributed by atoms with Gasteiger partial charge in [0.25, 0.3) is 11.8 Å². The highest BCUT2D eigenvalue weighted by molar-refractivity contribution is 5.90. The Hall–Kier alpha value is -1.57. The van der Waals surface area contributed by atoms with Crippen LogP contribution in [0.25, 0.3) is 0 Å². The van der Waals surface area contributed by atoms with Gasteiger partial charge in [-0.05, 0) is 12.8 Å². The van der Waals surface area contributed by atoms with Crippen LogP contribution in [0, 0.1) is 0 Å². The van der Waals surface area contributed by atoms with Gasteiger partial charge in [-0.3, -0.25) is 9.89 Å². The van der Waals surface area contributed by atoms with Crippen molar-refractivity contribution in [3.05, 3.63) is 11.6 Å². The summed E-state index contributed by atoms with van der Waals surface area (Å²) in [7, 11) is 0. The number of nitrogens with zero attached hydrogens (tertiary/aromatic N) is 2. The van der Waals surface area contributed by atoms with Crippen molar-refractivity contribution in [3.63, 3.8) is 0 Å². The number of hydrogen-bond donors (Lipinski definition) is 3. The number of nitrogens with two attached hydrogens (primary N) is 1. The van der Waals surface area contributed by atoms with Crippen molar-refractivity contribution >= 4 is 5.91 Å². The van der Waals surface area contributed by atoms with E-state index in [4.69, 9.17) is 5.73 Å². The third-order valence-corrected chi connectivity index (χ3v) is 2.48. The highest BCUT2D eigenvalue weighted by atomic mass is 19.3. The molecule has 1 amide bonds. The number of carbonyl (C=O) groups excluding carboxylic acids is 1. The average molecular weight is 245 g/mol. The summed E-state index contributed by atoms with van der Waals surface area (Å²) in [6.45, 7) is -1.62. The van der Waals surface area contributed by atoms with Gasteiger partial charge in [-0.1, -0.05) is 0 Å². The van der Waals surface area contributed by atoms with E-state index >= 15 is 0 Å². The van der Waals surface area contributed by atoms with E-state index in [2.05, 4.69) is 15.2 Å². The van der Waals surface area contributed by atoms with E-state index in [-0.39, 0.29) is 5.82 Å². The molecule has 0 aromatic carbocycles. The van der Waals surface area contributed by atoms with Gasteiger partial charge in [-0.2, -0.15) is 0 Å². The third kappa shape index (κ3) is 2.96. The molecule has 0 atom stereocenters. The van der Waals surface area contributed by atoms with Crippen LogP contribution in [0.1, 0.15) is 35.2 Å². The lowest BCUT2D eigenvalue weighted by Crippen LogP contribution is -2.41. The largest absolute Gasteiger partial charge is 0.343 e. The summed E-state index contributed by atoms with van der Waals surface area (Å²) < 4.78 is 25.6. The molecule has 6 nitrogen and oxygen atoms in total. The van der Waals surface area contributed by atoms with Gasteiger partial charge in [0.15, 0.2) is 0 Å². The zero-order chi connectivity index (χ0) is 12.5. The monoisotopic (exact) mass is 245 g/mol. The summed E-state index contributed by atoms with van der Waals surface area (Å²) in [4.78, 5) is 15.4. The first-order chi connectivity index (χ1) is 8.02. The van der Waals surface area contributed by atoms with Crippen LogP contribution >= 0.6 is 0 Å². The number of amides is 1. The second-order valence-electron chi connectivity index (χ2n) is 4.06. The number of aromatic amines is 1. The maximum atomic E-state index is 12.8. The second-order valence-corrected chi connectivity index (χ2v) is 4.06. The number of hydrogen-bond acceptors (Lipinski definition) is 4. The standard InChI is InChI=1S/C9H13F2N5O/c10-9(11,3-12)4-13-8(17)7-14-6(15-16-7)5-1-2-5/h5H,1-4,12H2,(H,13,17)(H,14,15,16). The lowest BCUT2D eigenvalue weighted by Gasteiger charge is -2.13. The molecule has 17 heavy (non-hydrogen) atoms. The first-order valence-electron chi connectivity index (χ1n) is 5.30. The number of carbonyl (C=O) groups is 1. The number of alkyl halides is 2. The second kappa shape index (κ2) is 4.36. The highest BCUT2D eigenvalue weighted by Gasteiger charge is 2.30. The van der Waals surface area contributed by atoms with Gasteiger partial charge in [-0.15, -0.1) is 5.10 Å². The van der Waals surface area contributed by atoms with Crippen molar-refractivity contribution < 1.29 is 13.6 Å². The Kier molecular flexibility index (Phi) is 3.05. The van der Waals surface area contributed by atoms with Crippen molar-refractivity contribution in [2.24, 2.45) is 5.73 Å². The zero-order valence-electron chi connectivity index (χ0n) is 9.04. The van der Waals surface area contributed by atoms with Crippen molar-refractivity contribution in [2.75, 3.05) is 13.1 Å². The fourth-order valence-corrected chi connectivity index (χ4v) is 1.28. The van der Waals surface area contributed by atoms with Gasteiger partial charge < -0.3 is 11.1 Å². The van der Waals surface area contributed by atoms with Crippen LogP contribution in [0.3, 0.4) is 0 Å². The van der Waals surface area contributed by atoms with Gasteiger partial charge >= 0.3 is 0 Å². The van der Waals surface area contributed by atoms with Crippen LogP contribution in [0.5, 0.6) is 0 Å². The fourth-order valence-electron chi connectivity index (χ4n) is 1.28. The van der Waals surface area contributed by atoms with E-state index in [0.717, 1.165) is 12.8 Å². The lowest BCUT2D eigenvalue weighted by atomic mass is 10.3. The normalized spacial score (nSPS) is 15.9. The molecule has 1 heterocycles. The van der Waals surface area contributed by atoms with E-state index in [1.54, 1.807) is 0 Å². The van der Waals surface area contributed by atoms with Crippen LogP contribution < -0.4 is 11.1 Å². The number of aromatic nitrogens is 3. The lowest BCUT2D eigenvalue weighted by molar-refractivity contribution is 0.0117. The van der Waals surface area contributed by atoms with Crippen LogP contribution in [0.4, 0.5) is 8.78 Å². The molecule has 0 aliphatic heterocycles. The quantitative estimate of drug-likeness (QED) is 0.680. The van der Waals surface area contributed by atoms with Crippen molar-refractivity contribution in [3.8, 4) is 0 Å². The van der Waals surface area contributed by atoms with Crippen molar-refractivity contribution in [1.29, 1.82) is 0 Å². The van der Waals surface area contributed by atoms with E-state index < -0.39 is 24.9 Å². The Balaban J connectivity index is 1.90. The number of halogens is 2. The van der Waals surface area contributed by atoms with Gasteiger partial charge in [-0.25, -0.2) is 13.8 Å². The zero-order valence-corrected chi connectivity index (χ0v) is 9.04. The molecule has 4 N–H and O–H groups in total. The maximum Gasteiger partial charge on any atom is 0.291 e. The Bertz CT molecular complexity index is 415. The van der Waals surface area contributed by atoms with Gasteiger partial charge in [0, 0.05) is 5.92 Å². The minimum atomic E-state index is -3.11. The third-order valence-electron chi connectivity index (χ3n) is 2.48. The van der Waals surface area contributed by atoms with Gasteiger partial charge in [0.2, 0.25) is 5.82 Å². The fraction of sp³-hybridized carbons (Fsp3) is 0.667. The molecule has 1 aromatic heterocycles. The van der Waals surface area contributed by atoms with Gasteiger partial charge in [0.1, 0.15) is 5.82 Å².